The Hall–Kier alpha value is -13.0. The van der Waals surface area contributed by atoms with Gasteiger partial charge in [0, 0.05) is 94.3 Å². The average molecular weight is 1320 g/mol. The molecule has 0 radical (unpaired) electrons. The lowest BCUT2D eigenvalue weighted by Crippen LogP contribution is -2.16. The molecule has 3 heterocycles. The third-order valence-corrected chi connectivity index (χ3v) is 22.9. The van der Waals surface area contributed by atoms with Gasteiger partial charge in [-0.05, 0) is 241 Å². The van der Waals surface area contributed by atoms with Gasteiger partial charge in [0.15, 0.2) is 0 Å². The van der Waals surface area contributed by atoms with Crippen molar-refractivity contribution in [3.05, 3.63) is 368 Å². The van der Waals surface area contributed by atoms with Gasteiger partial charge in [-0.2, -0.15) is 0 Å². The molecular weight excluding hydrogens is 1250 g/mol. The molecular formula is C98H69N5. The predicted molar refractivity (Wildman–Crippen MR) is 434 cm³/mol. The summed E-state index contributed by atoms with van der Waals surface area (Å²) in [6, 6.07) is 129. The van der Waals surface area contributed by atoms with Gasteiger partial charge in [0.25, 0.3) is 0 Å². The number of rotatable bonds is 10. The number of nitrogens with zero attached hydrogens (tertiary/aromatic N) is 5. The normalized spacial score (nSPS) is 13.4. The van der Waals surface area contributed by atoms with E-state index in [2.05, 4.69) is 397 Å². The van der Waals surface area contributed by atoms with Gasteiger partial charge in [0.05, 0.1) is 33.1 Å². The van der Waals surface area contributed by atoms with Crippen LogP contribution in [0.25, 0.3) is 137 Å². The number of fused-ring (bicyclic) bond motifs is 17. The van der Waals surface area contributed by atoms with Gasteiger partial charge in [0.1, 0.15) is 0 Å². The Bertz CT molecular complexity index is 6590. The van der Waals surface area contributed by atoms with E-state index in [9.17, 15) is 0 Å². The van der Waals surface area contributed by atoms with Gasteiger partial charge in [0.2, 0.25) is 0 Å². The van der Waals surface area contributed by atoms with Crippen LogP contribution in [-0.2, 0) is 10.8 Å². The Morgan fingerprint density at radius 2 is 0.573 bits per heavy atom. The van der Waals surface area contributed by atoms with Crippen LogP contribution in [0, 0.1) is 0 Å². The zero-order valence-electron chi connectivity index (χ0n) is 57.6. The molecule has 0 saturated heterocycles. The second-order valence-corrected chi connectivity index (χ2v) is 29.3. The number of hydrogen-bond donors (Lipinski definition) is 0. The molecule has 0 atom stereocenters. The minimum atomic E-state index is -0.289. The molecule has 0 fully saturated rings. The molecule has 0 spiro atoms. The van der Waals surface area contributed by atoms with Crippen molar-refractivity contribution in [2.45, 2.75) is 38.5 Å². The zero-order valence-corrected chi connectivity index (χ0v) is 57.6. The molecule has 0 saturated carbocycles. The molecule has 5 nitrogen and oxygen atoms in total. The van der Waals surface area contributed by atoms with Crippen LogP contribution in [-0.4, -0.2) is 13.7 Å². The highest BCUT2D eigenvalue weighted by Gasteiger charge is 2.38. The van der Waals surface area contributed by atoms with Crippen LogP contribution >= 0.6 is 0 Å². The Labute approximate surface area is 597 Å². The van der Waals surface area contributed by atoms with E-state index in [1.54, 1.807) is 0 Å². The van der Waals surface area contributed by atoms with Crippen molar-refractivity contribution < 1.29 is 0 Å². The van der Waals surface area contributed by atoms with E-state index in [1.807, 2.05) is 0 Å². The number of benzene rings is 16. The maximum atomic E-state index is 2.49. The van der Waals surface area contributed by atoms with Crippen molar-refractivity contribution in [2.75, 3.05) is 9.80 Å². The molecule has 0 amide bonds. The first-order valence-electron chi connectivity index (χ1n) is 36.0. The summed E-state index contributed by atoms with van der Waals surface area (Å²) in [5.74, 6) is 0. The molecule has 0 bridgehead atoms. The third kappa shape index (κ3) is 8.92. The minimum Gasteiger partial charge on any atom is -0.310 e. The van der Waals surface area contributed by atoms with Crippen LogP contribution in [0.4, 0.5) is 34.1 Å². The molecule has 16 aromatic carbocycles. The molecule has 2 aliphatic rings. The lowest BCUT2D eigenvalue weighted by Gasteiger charge is -2.28. The Morgan fingerprint density at radius 3 is 1.17 bits per heavy atom. The van der Waals surface area contributed by atoms with Crippen molar-refractivity contribution >= 4 is 121 Å². The summed E-state index contributed by atoms with van der Waals surface area (Å²) >= 11 is 0. The fourth-order valence-corrected chi connectivity index (χ4v) is 17.9. The average Bonchev–Trinajstić information content (AvgIpc) is 1.60. The standard InChI is InChI=1S/C98H69N5/c1-97(2)87-33-19-16-30-77(87)78-47-40-76(61-90(78)97)99(71-39-36-64-52-62-22-14-15-23-63(62)53-67(64)54-71)73-44-51-95-86(60-73)82-46-38-66(56-96(82)103(95)70-28-12-7-13-29-70)65-37-45-79-83-57-72(41-48-88(83)98(3,4)89(79)55-65)100(74-42-49-93-84(58-74)80-31-17-20-34-91(80)101(93)68-24-8-5-9-25-68)75-43-50-94-85(59-75)81-32-18-21-35-92(81)102(94)69-26-10-6-11-27-69/h5-61H,1-4H3. The monoisotopic (exact) mass is 1320 g/mol. The first-order valence-corrected chi connectivity index (χ1v) is 36.0. The van der Waals surface area contributed by atoms with E-state index in [-0.39, 0.29) is 10.8 Å². The van der Waals surface area contributed by atoms with E-state index < -0.39 is 0 Å². The molecule has 486 valence electrons. The second-order valence-electron chi connectivity index (χ2n) is 29.3. The highest BCUT2D eigenvalue weighted by atomic mass is 15.2. The predicted octanol–water partition coefficient (Wildman–Crippen LogP) is 26.5. The van der Waals surface area contributed by atoms with Crippen LogP contribution in [0.3, 0.4) is 0 Å². The Morgan fingerprint density at radius 1 is 0.204 bits per heavy atom. The van der Waals surface area contributed by atoms with Gasteiger partial charge in [-0.3, -0.25) is 0 Å². The SMILES string of the molecule is CC1(C)c2ccc(N(c3ccc4c(c3)c3ccccc3n4-c3ccccc3)c3ccc4c(c3)c3ccccc3n4-c3ccccc3)cc2-c2ccc(-c3ccc4c5cc(N(c6ccc7c(c6)C(C)(C)c6ccccc6-7)c6ccc7cc8ccccc8cc7c6)ccc5n(-c5ccccc5)c4c3)cc21. The molecule has 0 N–H and O–H groups in total. The molecule has 19 aromatic rings. The summed E-state index contributed by atoms with van der Waals surface area (Å²) in [7, 11) is 0. The van der Waals surface area contributed by atoms with E-state index in [0.717, 1.165) is 62.2 Å². The van der Waals surface area contributed by atoms with Crippen LogP contribution < -0.4 is 9.80 Å². The maximum Gasteiger partial charge on any atom is 0.0547 e. The topological polar surface area (TPSA) is 21.3 Å². The fraction of sp³-hybridized carbons (Fsp3) is 0.0612. The van der Waals surface area contributed by atoms with Gasteiger partial charge in [-0.25, -0.2) is 0 Å². The van der Waals surface area contributed by atoms with Gasteiger partial charge in [-0.15, -0.1) is 0 Å². The number of para-hydroxylation sites is 5. The summed E-state index contributed by atoms with van der Waals surface area (Å²) in [6.45, 7) is 9.57. The Balaban J connectivity index is 0.700. The largest absolute Gasteiger partial charge is 0.310 e. The van der Waals surface area contributed by atoms with E-state index in [1.165, 1.54) is 132 Å². The van der Waals surface area contributed by atoms with Gasteiger partial charge in [-0.1, -0.05) is 210 Å². The van der Waals surface area contributed by atoms with E-state index in [0.29, 0.717) is 0 Å². The molecule has 3 aromatic heterocycles. The van der Waals surface area contributed by atoms with Gasteiger partial charge >= 0.3 is 0 Å². The smallest absolute Gasteiger partial charge is 0.0547 e. The summed E-state index contributed by atoms with van der Waals surface area (Å²) in [5, 5.41) is 12.2. The number of anilines is 6. The quantitative estimate of drug-likeness (QED) is 0.127. The zero-order chi connectivity index (χ0) is 68.4. The van der Waals surface area contributed by atoms with E-state index >= 15 is 0 Å². The van der Waals surface area contributed by atoms with Crippen LogP contribution in [0.1, 0.15) is 49.9 Å². The van der Waals surface area contributed by atoms with E-state index in [4.69, 9.17) is 0 Å². The summed E-state index contributed by atoms with van der Waals surface area (Å²) in [6.07, 6.45) is 0. The fourth-order valence-electron chi connectivity index (χ4n) is 17.9. The van der Waals surface area contributed by atoms with Gasteiger partial charge < -0.3 is 23.5 Å². The molecule has 0 unspecified atom stereocenters. The Kier molecular flexibility index (Phi) is 12.7. The summed E-state index contributed by atoms with van der Waals surface area (Å²) in [4.78, 5) is 4.97. The molecule has 21 rings (SSSR count). The first-order chi connectivity index (χ1) is 50.6. The second kappa shape index (κ2) is 22.3. The highest BCUT2D eigenvalue weighted by molar-refractivity contribution is 6.15. The molecule has 2 aliphatic carbocycles. The number of hydrogen-bond acceptors (Lipinski definition) is 2. The minimum absolute atomic E-state index is 0.166. The molecule has 103 heavy (non-hydrogen) atoms. The first kappa shape index (κ1) is 59.0. The lowest BCUT2D eigenvalue weighted by molar-refractivity contribution is 0.660. The molecule has 0 aliphatic heterocycles. The maximum absolute atomic E-state index is 2.49. The van der Waals surface area contributed by atoms with Crippen molar-refractivity contribution in [3.8, 4) is 50.4 Å². The summed E-state index contributed by atoms with van der Waals surface area (Å²) in [5.41, 5.74) is 29.5. The summed E-state index contributed by atoms with van der Waals surface area (Å²) < 4.78 is 7.28. The van der Waals surface area contributed by atoms with Crippen LogP contribution in [0.2, 0.25) is 0 Å². The van der Waals surface area contributed by atoms with Crippen molar-refractivity contribution in [2.24, 2.45) is 0 Å². The van der Waals surface area contributed by atoms with Crippen LogP contribution in [0.15, 0.2) is 346 Å². The van der Waals surface area contributed by atoms with Crippen LogP contribution in [0.5, 0.6) is 0 Å². The van der Waals surface area contributed by atoms with Crippen molar-refractivity contribution in [1.29, 1.82) is 0 Å². The highest BCUT2D eigenvalue weighted by Crippen LogP contribution is 2.55. The molecule has 5 heteroatoms. The van der Waals surface area contributed by atoms with Crippen molar-refractivity contribution in [1.82, 2.24) is 13.7 Å². The van der Waals surface area contributed by atoms with Crippen molar-refractivity contribution in [3.63, 3.8) is 0 Å². The lowest BCUT2D eigenvalue weighted by atomic mass is 9.81. The third-order valence-electron chi connectivity index (χ3n) is 22.9. The number of aromatic nitrogens is 3.